The van der Waals surface area contributed by atoms with Gasteiger partial charge in [-0.3, -0.25) is 0 Å². The predicted octanol–water partition coefficient (Wildman–Crippen LogP) is 4.92. The van der Waals surface area contributed by atoms with Gasteiger partial charge in [-0.2, -0.15) is 0 Å². The number of hydrogen-bond acceptors (Lipinski definition) is 4. The second kappa shape index (κ2) is 8.03. The summed E-state index contributed by atoms with van der Waals surface area (Å²) < 4.78 is 5.81. The average molecular weight is 388 g/mol. The number of carbonyl (C=O) groups is 1. The minimum absolute atomic E-state index is 0.162. The summed E-state index contributed by atoms with van der Waals surface area (Å²) in [6.45, 7) is 8.08. The Bertz CT molecular complexity index is 838. The van der Waals surface area contributed by atoms with Crippen molar-refractivity contribution >= 4 is 17.3 Å². The molecule has 0 atom stereocenters. The Labute approximate surface area is 165 Å². The van der Waals surface area contributed by atoms with Crippen LogP contribution in [-0.4, -0.2) is 31.3 Å². The van der Waals surface area contributed by atoms with Crippen LogP contribution in [0.15, 0.2) is 18.2 Å². The van der Waals surface area contributed by atoms with Crippen molar-refractivity contribution < 1.29 is 14.6 Å². The first kappa shape index (κ1) is 19.9. The van der Waals surface area contributed by atoms with Crippen LogP contribution in [0.2, 0.25) is 0 Å². The monoisotopic (exact) mass is 387 g/mol. The van der Waals surface area contributed by atoms with E-state index in [0.717, 1.165) is 59.5 Å². The lowest BCUT2D eigenvalue weighted by molar-refractivity contribution is 0.0696. The molecule has 5 heteroatoms. The van der Waals surface area contributed by atoms with E-state index in [1.165, 1.54) is 4.88 Å². The number of rotatable bonds is 7. The molecule has 146 valence electrons. The Balaban J connectivity index is 1.92. The van der Waals surface area contributed by atoms with Crippen LogP contribution in [0.4, 0.5) is 0 Å². The van der Waals surface area contributed by atoms with Crippen molar-refractivity contribution in [2.45, 2.75) is 46.5 Å². The van der Waals surface area contributed by atoms with Crippen molar-refractivity contribution in [3.63, 3.8) is 0 Å². The van der Waals surface area contributed by atoms with Crippen LogP contribution < -0.4 is 10.1 Å². The van der Waals surface area contributed by atoms with Crippen molar-refractivity contribution in [2.75, 3.05) is 20.2 Å². The zero-order valence-corrected chi connectivity index (χ0v) is 17.5. The second-order valence-corrected chi connectivity index (χ2v) is 9.24. The molecule has 0 aliphatic heterocycles. The van der Waals surface area contributed by atoms with Gasteiger partial charge in [-0.1, -0.05) is 13.8 Å². The van der Waals surface area contributed by atoms with Crippen molar-refractivity contribution in [1.82, 2.24) is 5.32 Å². The van der Waals surface area contributed by atoms with Gasteiger partial charge >= 0.3 is 5.97 Å². The molecule has 3 rings (SSSR count). The van der Waals surface area contributed by atoms with Gasteiger partial charge in [-0.05, 0) is 86.5 Å². The molecule has 1 aromatic heterocycles. The maximum absolute atomic E-state index is 12.1. The van der Waals surface area contributed by atoms with Gasteiger partial charge < -0.3 is 15.2 Å². The van der Waals surface area contributed by atoms with Crippen molar-refractivity contribution in [2.24, 2.45) is 5.41 Å². The summed E-state index contributed by atoms with van der Waals surface area (Å²) in [7, 11) is 1.93. The number of nitrogens with one attached hydrogen (secondary N) is 1. The third kappa shape index (κ3) is 4.36. The Morgan fingerprint density at radius 3 is 2.81 bits per heavy atom. The van der Waals surface area contributed by atoms with Crippen LogP contribution in [0.1, 0.15) is 53.1 Å². The average Bonchev–Trinajstić information content (AvgIpc) is 2.96. The SMILES string of the molecule is CNCCCOc1ccc(-c2sc3c(c2C(=O)O)CC(C)(C)CC3)c(C)c1. The zero-order valence-electron chi connectivity index (χ0n) is 16.6. The van der Waals surface area contributed by atoms with Crippen molar-refractivity contribution in [3.8, 4) is 16.2 Å². The summed E-state index contributed by atoms with van der Waals surface area (Å²) in [5.41, 5.74) is 3.78. The molecule has 0 fully saturated rings. The molecule has 0 saturated heterocycles. The minimum Gasteiger partial charge on any atom is -0.494 e. The van der Waals surface area contributed by atoms with Crippen LogP contribution in [0.25, 0.3) is 10.4 Å². The van der Waals surface area contributed by atoms with Gasteiger partial charge in [-0.25, -0.2) is 4.79 Å². The lowest BCUT2D eigenvalue weighted by Gasteiger charge is -2.29. The zero-order chi connectivity index (χ0) is 19.6. The molecular weight excluding hydrogens is 358 g/mol. The quantitative estimate of drug-likeness (QED) is 0.662. The third-order valence-electron chi connectivity index (χ3n) is 5.27. The van der Waals surface area contributed by atoms with Gasteiger partial charge in [0.25, 0.3) is 0 Å². The highest BCUT2D eigenvalue weighted by atomic mass is 32.1. The normalized spacial score (nSPS) is 15.4. The Morgan fingerprint density at radius 2 is 2.15 bits per heavy atom. The largest absolute Gasteiger partial charge is 0.494 e. The van der Waals surface area contributed by atoms with E-state index in [2.05, 4.69) is 19.2 Å². The molecule has 4 nitrogen and oxygen atoms in total. The molecule has 0 amide bonds. The van der Waals surface area contributed by atoms with E-state index in [1.54, 1.807) is 11.3 Å². The highest BCUT2D eigenvalue weighted by molar-refractivity contribution is 7.16. The van der Waals surface area contributed by atoms with Gasteiger partial charge in [-0.15, -0.1) is 11.3 Å². The van der Waals surface area contributed by atoms with E-state index in [-0.39, 0.29) is 5.41 Å². The number of aryl methyl sites for hydroxylation is 2. The highest BCUT2D eigenvalue weighted by Gasteiger charge is 2.33. The van der Waals surface area contributed by atoms with E-state index in [9.17, 15) is 9.90 Å². The fourth-order valence-electron chi connectivity index (χ4n) is 3.76. The maximum atomic E-state index is 12.1. The van der Waals surface area contributed by atoms with Crippen LogP contribution in [0.5, 0.6) is 5.75 Å². The summed E-state index contributed by atoms with van der Waals surface area (Å²) in [5.74, 6) is 0.0265. The van der Waals surface area contributed by atoms with Gasteiger partial charge in [0.15, 0.2) is 0 Å². The molecule has 0 bridgehead atoms. The van der Waals surface area contributed by atoms with E-state index in [1.807, 2.05) is 32.2 Å². The Kier molecular flexibility index (Phi) is 5.92. The molecule has 27 heavy (non-hydrogen) atoms. The van der Waals surface area contributed by atoms with Crippen LogP contribution in [-0.2, 0) is 12.8 Å². The van der Waals surface area contributed by atoms with Crippen molar-refractivity contribution in [1.29, 1.82) is 0 Å². The first-order valence-electron chi connectivity index (χ1n) is 9.58. The number of aromatic carboxylic acids is 1. The minimum atomic E-state index is -0.813. The molecule has 0 spiro atoms. The summed E-state index contributed by atoms with van der Waals surface area (Å²) in [4.78, 5) is 14.2. The number of hydrogen-bond donors (Lipinski definition) is 2. The molecule has 0 saturated carbocycles. The number of benzene rings is 1. The van der Waals surface area contributed by atoms with Gasteiger partial charge in [0.1, 0.15) is 5.75 Å². The lowest BCUT2D eigenvalue weighted by atomic mass is 9.76. The van der Waals surface area contributed by atoms with E-state index >= 15 is 0 Å². The number of fused-ring (bicyclic) bond motifs is 1. The molecule has 0 radical (unpaired) electrons. The fourth-order valence-corrected chi connectivity index (χ4v) is 5.16. The molecule has 1 aliphatic rings. The van der Waals surface area contributed by atoms with Gasteiger partial charge in [0.2, 0.25) is 0 Å². The summed E-state index contributed by atoms with van der Waals surface area (Å²) in [6.07, 6.45) is 3.87. The van der Waals surface area contributed by atoms with E-state index in [0.29, 0.717) is 12.2 Å². The summed E-state index contributed by atoms with van der Waals surface area (Å²) >= 11 is 1.66. The summed E-state index contributed by atoms with van der Waals surface area (Å²) in [6, 6.07) is 5.98. The third-order valence-corrected chi connectivity index (χ3v) is 6.60. The molecule has 0 unspecified atom stereocenters. The topological polar surface area (TPSA) is 58.6 Å². The number of carboxylic acid groups (broad SMARTS) is 1. The molecule has 1 aromatic carbocycles. The Hall–Kier alpha value is -1.85. The smallest absolute Gasteiger partial charge is 0.337 e. The molecule has 1 aliphatic carbocycles. The van der Waals surface area contributed by atoms with Crippen LogP contribution >= 0.6 is 11.3 Å². The standard InChI is InChI=1S/C22H29NO3S/c1-14-12-15(26-11-5-10-23-4)6-7-16(14)20-19(21(24)25)17-13-22(2,3)9-8-18(17)27-20/h6-7,12,23H,5,8-11,13H2,1-4H3,(H,24,25). The lowest BCUT2D eigenvalue weighted by Crippen LogP contribution is -2.22. The fraction of sp³-hybridized carbons (Fsp3) is 0.500. The van der Waals surface area contributed by atoms with Crippen LogP contribution in [0.3, 0.4) is 0 Å². The molecule has 1 heterocycles. The highest BCUT2D eigenvalue weighted by Crippen LogP contribution is 2.46. The van der Waals surface area contributed by atoms with Gasteiger partial charge in [0.05, 0.1) is 12.2 Å². The molecular formula is C22H29NO3S. The first-order chi connectivity index (χ1) is 12.8. The number of ether oxygens (including phenoxy) is 1. The first-order valence-corrected chi connectivity index (χ1v) is 10.4. The van der Waals surface area contributed by atoms with Crippen molar-refractivity contribution in [3.05, 3.63) is 39.8 Å². The molecule has 2 N–H and O–H groups in total. The predicted molar refractivity (Wildman–Crippen MR) is 111 cm³/mol. The van der Waals surface area contributed by atoms with E-state index < -0.39 is 5.97 Å². The number of carboxylic acids is 1. The Morgan fingerprint density at radius 1 is 1.37 bits per heavy atom. The van der Waals surface area contributed by atoms with E-state index in [4.69, 9.17) is 4.74 Å². The molecule has 2 aromatic rings. The van der Waals surface area contributed by atoms with Gasteiger partial charge in [0, 0.05) is 9.75 Å². The maximum Gasteiger partial charge on any atom is 0.337 e. The van der Waals surface area contributed by atoms with Crippen LogP contribution in [0, 0.1) is 12.3 Å². The second-order valence-electron chi connectivity index (χ2n) is 8.14. The summed E-state index contributed by atoms with van der Waals surface area (Å²) in [5, 5.41) is 13.0. The number of thiophene rings is 1.